The Hall–Kier alpha value is -2.08. The molecule has 6 heteroatoms. The maximum atomic E-state index is 12.1. The number of benzene rings is 1. The summed E-state index contributed by atoms with van der Waals surface area (Å²) >= 11 is 0. The maximum absolute atomic E-state index is 12.1. The standard InChI is InChI=1S/C13H10F3NO2/c14-13(15,16)19-11-5-1-3-9(7-11)12-6-2-4-10(8-18)17-12/h1-7,18H,8H2. The molecule has 3 nitrogen and oxygen atoms in total. The van der Waals surface area contributed by atoms with Gasteiger partial charge in [0.25, 0.3) is 0 Å². The van der Waals surface area contributed by atoms with Crippen LogP contribution in [0.15, 0.2) is 42.5 Å². The number of nitrogens with zero attached hydrogens (tertiary/aromatic N) is 1. The van der Waals surface area contributed by atoms with E-state index in [9.17, 15) is 13.2 Å². The average Bonchev–Trinajstić information content (AvgIpc) is 2.37. The Morgan fingerprint density at radius 2 is 1.84 bits per heavy atom. The van der Waals surface area contributed by atoms with Gasteiger partial charge in [0.05, 0.1) is 18.0 Å². The van der Waals surface area contributed by atoms with Crippen LogP contribution in [-0.2, 0) is 6.61 Å². The zero-order valence-electron chi connectivity index (χ0n) is 9.69. The van der Waals surface area contributed by atoms with E-state index in [4.69, 9.17) is 5.11 Å². The summed E-state index contributed by atoms with van der Waals surface area (Å²) < 4.78 is 40.2. The van der Waals surface area contributed by atoms with Crippen molar-refractivity contribution in [2.75, 3.05) is 0 Å². The molecule has 0 aliphatic rings. The van der Waals surface area contributed by atoms with E-state index in [0.29, 0.717) is 17.0 Å². The quantitative estimate of drug-likeness (QED) is 0.930. The van der Waals surface area contributed by atoms with Gasteiger partial charge in [-0.2, -0.15) is 0 Å². The van der Waals surface area contributed by atoms with Gasteiger partial charge in [0, 0.05) is 5.56 Å². The van der Waals surface area contributed by atoms with Gasteiger partial charge in [-0.25, -0.2) is 0 Å². The minimum atomic E-state index is -4.72. The summed E-state index contributed by atoms with van der Waals surface area (Å²) in [5.41, 5.74) is 1.40. The van der Waals surface area contributed by atoms with Crippen LogP contribution in [0.2, 0.25) is 0 Å². The van der Waals surface area contributed by atoms with E-state index in [0.717, 1.165) is 0 Å². The Morgan fingerprint density at radius 3 is 2.53 bits per heavy atom. The van der Waals surface area contributed by atoms with E-state index in [-0.39, 0.29) is 12.4 Å². The largest absolute Gasteiger partial charge is 0.573 e. The third-order valence-electron chi connectivity index (χ3n) is 2.33. The second-order valence-electron chi connectivity index (χ2n) is 3.75. The first-order valence-electron chi connectivity index (χ1n) is 5.41. The molecule has 1 N–H and O–H groups in total. The summed E-state index contributed by atoms with van der Waals surface area (Å²) in [5, 5.41) is 8.98. The van der Waals surface area contributed by atoms with Crippen LogP contribution < -0.4 is 4.74 Å². The molecule has 0 fully saturated rings. The third-order valence-corrected chi connectivity index (χ3v) is 2.33. The van der Waals surface area contributed by atoms with Crippen LogP contribution in [-0.4, -0.2) is 16.5 Å². The molecule has 0 aliphatic heterocycles. The summed E-state index contributed by atoms with van der Waals surface area (Å²) in [4.78, 5) is 4.11. The molecule has 0 radical (unpaired) electrons. The fraction of sp³-hybridized carbons (Fsp3) is 0.154. The highest BCUT2D eigenvalue weighted by molar-refractivity contribution is 5.61. The van der Waals surface area contributed by atoms with Crippen molar-refractivity contribution in [2.45, 2.75) is 13.0 Å². The molecule has 1 aromatic carbocycles. The summed E-state index contributed by atoms with van der Waals surface area (Å²) in [5.74, 6) is -0.304. The molecule has 100 valence electrons. The van der Waals surface area contributed by atoms with Gasteiger partial charge < -0.3 is 9.84 Å². The van der Waals surface area contributed by atoms with Crippen LogP contribution in [0.5, 0.6) is 5.75 Å². The number of rotatable bonds is 3. The molecule has 1 aromatic heterocycles. The first-order chi connectivity index (χ1) is 8.98. The first-order valence-corrected chi connectivity index (χ1v) is 5.41. The average molecular weight is 269 g/mol. The highest BCUT2D eigenvalue weighted by atomic mass is 19.4. The van der Waals surface area contributed by atoms with Crippen LogP contribution in [0.25, 0.3) is 11.3 Å². The topological polar surface area (TPSA) is 42.4 Å². The first kappa shape index (κ1) is 13.4. The second kappa shape index (κ2) is 5.27. The van der Waals surface area contributed by atoms with Crippen molar-refractivity contribution >= 4 is 0 Å². The number of halogens is 3. The number of aliphatic hydroxyl groups excluding tert-OH is 1. The molecule has 0 aliphatic carbocycles. The smallest absolute Gasteiger partial charge is 0.406 e. The summed E-state index contributed by atoms with van der Waals surface area (Å²) in [7, 11) is 0. The van der Waals surface area contributed by atoms with Gasteiger partial charge in [-0.05, 0) is 24.3 Å². The number of aromatic nitrogens is 1. The summed E-state index contributed by atoms with van der Waals surface area (Å²) in [6, 6.07) is 10.5. The number of pyridine rings is 1. The lowest BCUT2D eigenvalue weighted by atomic mass is 10.1. The molecule has 1 heterocycles. The lowest BCUT2D eigenvalue weighted by molar-refractivity contribution is -0.274. The van der Waals surface area contributed by atoms with E-state index in [2.05, 4.69) is 9.72 Å². The number of alkyl halides is 3. The van der Waals surface area contributed by atoms with Crippen molar-refractivity contribution in [1.82, 2.24) is 4.98 Å². The van der Waals surface area contributed by atoms with Gasteiger partial charge in [-0.3, -0.25) is 4.98 Å². The highest BCUT2D eigenvalue weighted by Gasteiger charge is 2.31. The molecule has 0 saturated carbocycles. The predicted molar refractivity (Wildman–Crippen MR) is 62.3 cm³/mol. The normalized spacial score (nSPS) is 11.4. The molecular formula is C13H10F3NO2. The Balaban J connectivity index is 2.32. The molecular weight excluding hydrogens is 259 g/mol. The number of ether oxygens (including phenoxy) is 1. The molecule has 19 heavy (non-hydrogen) atoms. The van der Waals surface area contributed by atoms with Crippen LogP contribution in [0.3, 0.4) is 0 Å². The zero-order valence-corrected chi connectivity index (χ0v) is 9.69. The molecule has 2 rings (SSSR count). The Labute approximate surface area is 107 Å². The Bertz CT molecular complexity index is 570. The van der Waals surface area contributed by atoms with Crippen LogP contribution in [0.4, 0.5) is 13.2 Å². The van der Waals surface area contributed by atoms with Gasteiger partial charge in [0.2, 0.25) is 0 Å². The van der Waals surface area contributed by atoms with E-state index in [1.807, 2.05) is 0 Å². The highest BCUT2D eigenvalue weighted by Crippen LogP contribution is 2.27. The van der Waals surface area contributed by atoms with E-state index >= 15 is 0 Å². The van der Waals surface area contributed by atoms with Crippen molar-refractivity contribution in [3.63, 3.8) is 0 Å². The Morgan fingerprint density at radius 1 is 1.11 bits per heavy atom. The van der Waals surface area contributed by atoms with Crippen molar-refractivity contribution in [2.24, 2.45) is 0 Å². The van der Waals surface area contributed by atoms with Crippen molar-refractivity contribution in [3.05, 3.63) is 48.2 Å². The predicted octanol–water partition coefficient (Wildman–Crippen LogP) is 3.14. The fourth-order valence-corrected chi connectivity index (χ4v) is 1.58. The second-order valence-corrected chi connectivity index (χ2v) is 3.75. The van der Waals surface area contributed by atoms with Gasteiger partial charge >= 0.3 is 6.36 Å². The molecule has 0 amide bonds. The van der Waals surface area contributed by atoms with Crippen molar-refractivity contribution < 1.29 is 23.0 Å². The maximum Gasteiger partial charge on any atom is 0.573 e. The van der Waals surface area contributed by atoms with Crippen LogP contribution >= 0.6 is 0 Å². The number of hydrogen-bond acceptors (Lipinski definition) is 3. The number of hydrogen-bond donors (Lipinski definition) is 1. The minimum Gasteiger partial charge on any atom is -0.406 e. The van der Waals surface area contributed by atoms with Crippen molar-refractivity contribution in [1.29, 1.82) is 0 Å². The lowest BCUT2D eigenvalue weighted by Crippen LogP contribution is -2.17. The molecule has 0 bridgehead atoms. The Kier molecular flexibility index (Phi) is 3.71. The monoisotopic (exact) mass is 269 g/mol. The molecule has 0 unspecified atom stereocenters. The molecule has 0 atom stereocenters. The molecule has 2 aromatic rings. The van der Waals surface area contributed by atoms with E-state index < -0.39 is 6.36 Å². The zero-order chi connectivity index (χ0) is 13.9. The summed E-state index contributed by atoms with van der Waals surface area (Å²) in [6.45, 7) is -0.230. The van der Waals surface area contributed by atoms with Crippen LogP contribution in [0.1, 0.15) is 5.69 Å². The molecule has 0 spiro atoms. The van der Waals surface area contributed by atoms with Gasteiger partial charge in [0.15, 0.2) is 0 Å². The van der Waals surface area contributed by atoms with Gasteiger partial charge in [-0.15, -0.1) is 13.2 Å². The molecule has 0 saturated heterocycles. The van der Waals surface area contributed by atoms with Crippen molar-refractivity contribution in [3.8, 4) is 17.0 Å². The lowest BCUT2D eigenvalue weighted by Gasteiger charge is -2.10. The third kappa shape index (κ3) is 3.69. The SMILES string of the molecule is OCc1cccc(-c2cccc(OC(F)(F)F)c2)n1. The van der Waals surface area contributed by atoms with E-state index in [1.54, 1.807) is 24.3 Å². The van der Waals surface area contributed by atoms with Gasteiger partial charge in [0.1, 0.15) is 5.75 Å². The van der Waals surface area contributed by atoms with E-state index in [1.165, 1.54) is 18.2 Å². The van der Waals surface area contributed by atoms with Crippen LogP contribution in [0, 0.1) is 0 Å². The van der Waals surface area contributed by atoms with Gasteiger partial charge in [-0.1, -0.05) is 18.2 Å². The minimum absolute atomic E-state index is 0.230. The summed E-state index contributed by atoms with van der Waals surface area (Å²) in [6.07, 6.45) is -4.72. The fourth-order valence-electron chi connectivity index (χ4n) is 1.58. The number of aliphatic hydroxyl groups is 1.